The van der Waals surface area contributed by atoms with Gasteiger partial charge in [0.05, 0.1) is 6.17 Å². The molecule has 6 atom stereocenters. The summed E-state index contributed by atoms with van der Waals surface area (Å²) >= 11 is 0. The zero-order valence-electron chi connectivity index (χ0n) is 28.8. The lowest BCUT2D eigenvalue weighted by Crippen LogP contribution is -2.56. The first-order valence-corrected chi connectivity index (χ1v) is 21.1. The van der Waals surface area contributed by atoms with E-state index in [0.29, 0.717) is 6.17 Å². The molecule has 8 aliphatic rings. The topological polar surface area (TPSA) is 18.5 Å². The minimum atomic E-state index is 0.714. The maximum atomic E-state index is 4.32. The second-order valence-electron chi connectivity index (χ2n) is 18.0. The van der Waals surface area contributed by atoms with Crippen LogP contribution in [0, 0.1) is 29.6 Å². The van der Waals surface area contributed by atoms with Crippen LogP contribution < -0.4 is 5.32 Å². The summed E-state index contributed by atoms with van der Waals surface area (Å²) in [6.07, 6.45) is 44.7. The molecule has 6 unspecified atom stereocenters. The molecule has 0 spiro atoms. The van der Waals surface area contributed by atoms with E-state index in [0.717, 1.165) is 65.8 Å². The largest absolute Gasteiger partial charge is 0.297 e. The van der Waals surface area contributed by atoms with E-state index < -0.39 is 0 Å². The van der Waals surface area contributed by atoms with Crippen molar-refractivity contribution >= 4 is 0 Å². The molecule has 1 aliphatic heterocycles. The van der Waals surface area contributed by atoms with Crippen LogP contribution in [0.5, 0.6) is 0 Å². The molecule has 250 valence electrons. The molecule has 0 aromatic carbocycles. The Kier molecular flexibility index (Phi) is 10.3. The van der Waals surface area contributed by atoms with E-state index >= 15 is 0 Å². The Hall–Kier alpha value is -0.120. The summed E-state index contributed by atoms with van der Waals surface area (Å²) in [5.41, 5.74) is 0. The van der Waals surface area contributed by atoms with Crippen LogP contribution in [0.2, 0.25) is 0 Å². The van der Waals surface area contributed by atoms with Crippen molar-refractivity contribution < 1.29 is 0 Å². The minimum absolute atomic E-state index is 0.714. The molecule has 3 heteroatoms. The molecule has 3 nitrogen and oxygen atoms in total. The highest BCUT2D eigenvalue weighted by Gasteiger charge is 2.49. The Morgan fingerprint density at radius 1 is 0.409 bits per heavy atom. The third kappa shape index (κ3) is 6.49. The van der Waals surface area contributed by atoms with E-state index in [9.17, 15) is 0 Å². The monoisotopic (exact) mass is 606 g/mol. The van der Waals surface area contributed by atoms with E-state index in [1.54, 1.807) is 44.9 Å². The Labute approximate surface area is 272 Å². The fraction of sp³-hybridized carbons (Fsp3) is 1.00. The molecule has 7 aliphatic carbocycles. The zero-order valence-corrected chi connectivity index (χ0v) is 28.8. The first-order valence-electron chi connectivity index (χ1n) is 21.1. The molecule has 1 N–H and O–H groups in total. The van der Waals surface area contributed by atoms with Gasteiger partial charge in [0.25, 0.3) is 0 Å². The minimum Gasteiger partial charge on any atom is -0.297 e. The van der Waals surface area contributed by atoms with Crippen molar-refractivity contribution in [2.45, 2.75) is 229 Å². The van der Waals surface area contributed by atoms with Gasteiger partial charge in [-0.25, -0.2) is 0 Å². The predicted molar refractivity (Wildman–Crippen MR) is 185 cm³/mol. The molecule has 0 amide bonds. The molecule has 7 saturated carbocycles. The van der Waals surface area contributed by atoms with Crippen molar-refractivity contribution in [1.29, 1.82) is 0 Å². The van der Waals surface area contributed by atoms with Crippen LogP contribution in [0.4, 0.5) is 0 Å². The van der Waals surface area contributed by atoms with Crippen molar-refractivity contribution in [3.05, 3.63) is 0 Å². The molecule has 8 rings (SSSR count). The highest BCUT2D eigenvalue weighted by atomic mass is 15.4. The predicted octanol–water partition coefficient (Wildman–Crippen LogP) is 10.2. The number of nitrogens with one attached hydrogen (secondary N) is 1. The summed E-state index contributed by atoms with van der Waals surface area (Å²) in [4.78, 5) is 6.45. The summed E-state index contributed by atoms with van der Waals surface area (Å²) in [6.45, 7) is 0. The average molecular weight is 606 g/mol. The van der Waals surface area contributed by atoms with Gasteiger partial charge in [-0.2, -0.15) is 0 Å². The summed E-state index contributed by atoms with van der Waals surface area (Å²) < 4.78 is 0. The SMILES string of the molecule is C1CCC(N(C2CCC(C3CCC(C4NC5CCCCC5N4C4CCCCC4)CC3)CC2)C2CCCC3CCCCC32)CC1. The Bertz CT molecular complexity index is 874. The summed E-state index contributed by atoms with van der Waals surface area (Å²) in [5.74, 6) is 5.13. The van der Waals surface area contributed by atoms with Crippen LogP contribution in [0.25, 0.3) is 0 Å². The van der Waals surface area contributed by atoms with Crippen LogP contribution in [0.3, 0.4) is 0 Å². The standard InChI is InChI=1S/C41H71N3/c1-3-14-34(15-4-1)43(39-21-11-13-32-12-7-8-18-37(32)39)36-28-26-31(27-29-36)30-22-24-33(25-23-30)41-42-38-19-9-10-20-40(38)44(41)35-16-5-2-6-17-35/h30-42H,1-29H2. The normalized spacial score (nSPS) is 45.2. The van der Waals surface area contributed by atoms with Gasteiger partial charge in [0, 0.05) is 36.3 Å². The highest BCUT2D eigenvalue weighted by molar-refractivity contribution is 5.04. The molecule has 44 heavy (non-hydrogen) atoms. The molecular weight excluding hydrogens is 534 g/mol. The number of rotatable bonds is 6. The number of hydrogen-bond donors (Lipinski definition) is 1. The third-order valence-electron chi connectivity index (χ3n) is 15.8. The summed E-state index contributed by atoms with van der Waals surface area (Å²) in [7, 11) is 0. The fourth-order valence-electron chi connectivity index (χ4n) is 13.7. The quantitative estimate of drug-likeness (QED) is 0.325. The Morgan fingerprint density at radius 2 is 0.977 bits per heavy atom. The van der Waals surface area contributed by atoms with Gasteiger partial charge >= 0.3 is 0 Å². The van der Waals surface area contributed by atoms with Crippen molar-refractivity contribution in [2.75, 3.05) is 0 Å². The van der Waals surface area contributed by atoms with Gasteiger partial charge < -0.3 is 0 Å². The van der Waals surface area contributed by atoms with Crippen molar-refractivity contribution in [1.82, 2.24) is 15.1 Å². The molecule has 0 aromatic rings. The van der Waals surface area contributed by atoms with Gasteiger partial charge in [0.15, 0.2) is 0 Å². The van der Waals surface area contributed by atoms with E-state index in [-0.39, 0.29) is 0 Å². The van der Waals surface area contributed by atoms with E-state index in [1.807, 2.05) is 0 Å². The fourth-order valence-corrected chi connectivity index (χ4v) is 13.7. The highest BCUT2D eigenvalue weighted by Crippen LogP contribution is 2.49. The van der Waals surface area contributed by atoms with Crippen molar-refractivity contribution in [3.63, 3.8) is 0 Å². The van der Waals surface area contributed by atoms with Gasteiger partial charge in [-0.3, -0.25) is 15.1 Å². The van der Waals surface area contributed by atoms with Gasteiger partial charge in [-0.15, -0.1) is 0 Å². The lowest BCUT2D eigenvalue weighted by molar-refractivity contribution is -0.0395. The second-order valence-corrected chi connectivity index (χ2v) is 18.0. The lowest BCUT2D eigenvalue weighted by Gasteiger charge is -2.54. The Morgan fingerprint density at radius 3 is 1.75 bits per heavy atom. The van der Waals surface area contributed by atoms with Crippen LogP contribution in [0.15, 0.2) is 0 Å². The van der Waals surface area contributed by atoms with Crippen LogP contribution in [-0.2, 0) is 0 Å². The van der Waals surface area contributed by atoms with Crippen molar-refractivity contribution in [2.24, 2.45) is 29.6 Å². The second kappa shape index (κ2) is 14.6. The molecule has 0 radical (unpaired) electrons. The molecule has 0 bridgehead atoms. The zero-order chi connectivity index (χ0) is 29.3. The van der Waals surface area contributed by atoms with Gasteiger partial charge in [-0.1, -0.05) is 83.5 Å². The molecular formula is C41H71N3. The number of hydrogen-bond acceptors (Lipinski definition) is 3. The van der Waals surface area contributed by atoms with Crippen LogP contribution in [0.1, 0.15) is 186 Å². The summed E-state index contributed by atoms with van der Waals surface area (Å²) in [5, 5.41) is 4.32. The molecule has 0 aromatic heterocycles. The van der Waals surface area contributed by atoms with E-state index in [1.165, 1.54) is 141 Å². The number of nitrogens with zero attached hydrogens (tertiary/aromatic N) is 2. The Balaban J connectivity index is 0.885. The third-order valence-corrected chi connectivity index (χ3v) is 15.8. The van der Waals surface area contributed by atoms with Gasteiger partial charge in [0.2, 0.25) is 0 Å². The molecule has 1 heterocycles. The van der Waals surface area contributed by atoms with Crippen LogP contribution >= 0.6 is 0 Å². The first kappa shape index (κ1) is 31.2. The van der Waals surface area contributed by atoms with E-state index in [2.05, 4.69) is 15.1 Å². The maximum Gasteiger partial charge on any atom is 0.0634 e. The average Bonchev–Trinajstić information content (AvgIpc) is 3.50. The van der Waals surface area contributed by atoms with E-state index in [4.69, 9.17) is 0 Å². The molecule has 1 saturated heterocycles. The number of fused-ring (bicyclic) bond motifs is 2. The first-order chi connectivity index (χ1) is 21.8. The molecule has 8 fully saturated rings. The summed E-state index contributed by atoms with van der Waals surface area (Å²) in [6, 6.07) is 5.37. The van der Waals surface area contributed by atoms with Gasteiger partial charge in [-0.05, 0) is 132 Å². The lowest BCUT2D eigenvalue weighted by atomic mass is 9.66. The van der Waals surface area contributed by atoms with Crippen molar-refractivity contribution in [3.8, 4) is 0 Å². The smallest absolute Gasteiger partial charge is 0.0634 e. The van der Waals surface area contributed by atoms with Gasteiger partial charge in [0.1, 0.15) is 0 Å². The van der Waals surface area contributed by atoms with Crippen LogP contribution in [-0.4, -0.2) is 52.2 Å². The maximum absolute atomic E-state index is 4.32.